The molecule has 0 radical (unpaired) electrons. The Hall–Kier alpha value is -2.59. The van der Waals surface area contributed by atoms with Crippen molar-refractivity contribution in [1.82, 2.24) is 9.97 Å². The predicted molar refractivity (Wildman–Crippen MR) is 104 cm³/mol. The molecule has 0 bridgehead atoms. The third-order valence-corrected chi connectivity index (χ3v) is 5.11. The maximum Gasteiger partial charge on any atom is 0.224 e. The minimum Gasteiger partial charge on any atom is -0.508 e. The molecule has 132 valence electrons. The van der Waals surface area contributed by atoms with Crippen molar-refractivity contribution in [3.63, 3.8) is 0 Å². The average molecular weight is 366 g/mol. The number of aromatic nitrogens is 2. The molecule has 1 atom stereocenters. The molecule has 5 heteroatoms. The van der Waals surface area contributed by atoms with E-state index >= 15 is 0 Å². The number of halogens is 1. The number of nitrogens with zero attached hydrogens (tertiary/aromatic N) is 3. The van der Waals surface area contributed by atoms with Gasteiger partial charge in [-0.3, -0.25) is 0 Å². The highest BCUT2D eigenvalue weighted by Crippen LogP contribution is 2.36. The van der Waals surface area contributed by atoms with Crippen molar-refractivity contribution in [3.8, 4) is 5.75 Å². The second-order valence-electron chi connectivity index (χ2n) is 6.72. The van der Waals surface area contributed by atoms with Gasteiger partial charge in [0.15, 0.2) is 0 Å². The van der Waals surface area contributed by atoms with Crippen LogP contribution in [0, 0.1) is 6.92 Å². The van der Waals surface area contributed by atoms with E-state index in [9.17, 15) is 5.11 Å². The first-order valence-corrected chi connectivity index (χ1v) is 9.10. The Morgan fingerprint density at radius 2 is 1.96 bits per heavy atom. The van der Waals surface area contributed by atoms with Crippen molar-refractivity contribution in [3.05, 3.63) is 82.3 Å². The first-order valence-electron chi connectivity index (χ1n) is 8.73. The molecule has 1 aliphatic heterocycles. The van der Waals surface area contributed by atoms with Crippen LogP contribution in [-0.4, -0.2) is 21.6 Å². The molecule has 1 aliphatic rings. The number of aryl methyl sites for hydroxylation is 1. The van der Waals surface area contributed by atoms with Gasteiger partial charge >= 0.3 is 0 Å². The van der Waals surface area contributed by atoms with Gasteiger partial charge in [-0.2, -0.15) is 0 Å². The van der Waals surface area contributed by atoms with E-state index in [0.717, 1.165) is 25.2 Å². The lowest BCUT2D eigenvalue weighted by Gasteiger charge is -2.38. The topological polar surface area (TPSA) is 49.2 Å². The average Bonchev–Trinajstić information content (AvgIpc) is 2.63. The molecule has 4 rings (SSSR count). The van der Waals surface area contributed by atoms with Crippen molar-refractivity contribution in [2.24, 2.45) is 0 Å². The lowest BCUT2D eigenvalue weighted by Crippen LogP contribution is -2.37. The summed E-state index contributed by atoms with van der Waals surface area (Å²) in [7, 11) is 0. The summed E-state index contributed by atoms with van der Waals surface area (Å²) in [5, 5.41) is 9.83. The molecular formula is C21H20ClN3O. The van der Waals surface area contributed by atoms with Crippen LogP contribution in [0.2, 0.25) is 5.28 Å². The van der Waals surface area contributed by atoms with Crippen molar-refractivity contribution < 1.29 is 5.11 Å². The van der Waals surface area contributed by atoms with Crippen LogP contribution >= 0.6 is 11.6 Å². The molecule has 2 heterocycles. The van der Waals surface area contributed by atoms with Crippen LogP contribution in [0.1, 0.15) is 28.3 Å². The number of phenols is 1. The second kappa shape index (κ2) is 6.96. The molecule has 4 nitrogen and oxygen atoms in total. The summed E-state index contributed by atoms with van der Waals surface area (Å²) in [5.74, 6) is 1.13. The Morgan fingerprint density at radius 3 is 2.73 bits per heavy atom. The van der Waals surface area contributed by atoms with E-state index in [1.54, 1.807) is 18.3 Å². The van der Waals surface area contributed by atoms with Gasteiger partial charge in [0.25, 0.3) is 0 Å². The first-order chi connectivity index (χ1) is 12.6. The van der Waals surface area contributed by atoms with Gasteiger partial charge < -0.3 is 10.0 Å². The van der Waals surface area contributed by atoms with Gasteiger partial charge in [0.05, 0.1) is 6.04 Å². The van der Waals surface area contributed by atoms with Gasteiger partial charge in [-0.15, -0.1) is 0 Å². The highest BCUT2D eigenvalue weighted by Gasteiger charge is 2.28. The van der Waals surface area contributed by atoms with Gasteiger partial charge in [-0.05, 0) is 66.3 Å². The SMILES string of the molecule is Cc1ccc2c(c1)CCN(c1ccnc(Cl)n1)C2Cc1ccc(O)cc1. The highest BCUT2D eigenvalue weighted by atomic mass is 35.5. The number of rotatable bonds is 3. The van der Waals surface area contributed by atoms with Crippen molar-refractivity contribution in [2.75, 3.05) is 11.4 Å². The van der Waals surface area contributed by atoms with Crippen LogP contribution in [0.3, 0.4) is 0 Å². The van der Waals surface area contributed by atoms with Crippen LogP contribution < -0.4 is 4.90 Å². The maximum absolute atomic E-state index is 9.57. The molecule has 0 amide bonds. The fourth-order valence-electron chi connectivity index (χ4n) is 3.68. The van der Waals surface area contributed by atoms with Gasteiger partial charge in [0, 0.05) is 12.7 Å². The van der Waals surface area contributed by atoms with E-state index < -0.39 is 0 Å². The van der Waals surface area contributed by atoms with Crippen molar-refractivity contribution in [1.29, 1.82) is 0 Å². The molecule has 0 saturated carbocycles. The van der Waals surface area contributed by atoms with Crippen LogP contribution in [0.5, 0.6) is 5.75 Å². The first kappa shape index (κ1) is 16.9. The summed E-state index contributed by atoms with van der Waals surface area (Å²) in [6.07, 6.45) is 3.51. The van der Waals surface area contributed by atoms with Crippen LogP contribution in [0.25, 0.3) is 0 Å². The fourth-order valence-corrected chi connectivity index (χ4v) is 3.82. The Bertz CT molecular complexity index is 927. The summed E-state index contributed by atoms with van der Waals surface area (Å²) in [6.45, 7) is 3.01. The van der Waals surface area contributed by atoms with Crippen LogP contribution in [-0.2, 0) is 12.8 Å². The smallest absolute Gasteiger partial charge is 0.224 e. The lowest BCUT2D eigenvalue weighted by atomic mass is 9.87. The van der Waals surface area contributed by atoms with Crippen LogP contribution in [0.4, 0.5) is 5.82 Å². The Morgan fingerprint density at radius 1 is 1.15 bits per heavy atom. The number of fused-ring (bicyclic) bond motifs is 1. The number of hydrogen-bond donors (Lipinski definition) is 1. The summed E-state index contributed by atoms with van der Waals surface area (Å²) >= 11 is 6.03. The van der Waals surface area contributed by atoms with Gasteiger partial charge in [0.1, 0.15) is 11.6 Å². The summed E-state index contributed by atoms with van der Waals surface area (Å²) in [6, 6.07) is 16.2. The van der Waals surface area contributed by atoms with Gasteiger partial charge in [-0.1, -0.05) is 35.9 Å². The zero-order valence-electron chi connectivity index (χ0n) is 14.6. The number of hydrogen-bond acceptors (Lipinski definition) is 4. The molecule has 1 N–H and O–H groups in total. The predicted octanol–water partition coefficient (Wildman–Crippen LogP) is 4.49. The van der Waals surface area contributed by atoms with Crippen molar-refractivity contribution in [2.45, 2.75) is 25.8 Å². The monoisotopic (exact) mass is 365 g/mol. The van der Waals surface area contributed by atoms with E-state index in [-0.39, 0.29) is 17.1 Å². The maximum atomic E-state index is 9.57. The van der Waals surface area contributed by atoms with Gasteiger partial charge in [0.2, 0.25) is 5.28 Å². The number of aromatic hydroxyl groups is 1. The highest BCUT2D eigenvalue weighted by molar-refractivity contribution is 6.28. The minimum absolute atomic E-state index is 0.162. The van der Waals surface area contributed by atoms with E-state index in [4.69, 9.17) is 11.6 Å². The van der Waals surface area contributed by atoms with Crippen molar-refractivity contribution >= 4 is 17.4 Å². The second-order valence-corrected chi connectivity index (χ2v) is 7.05. The fraction of sp³-hybridized carbons (Fsp3) is 0.238. The third kappa shape index (κ3) is 3.37. The number of benzene rings is 2. The molecule has 3 aromatic rings. The molecule has 1 unspecified atom stereocenters. The van der Waals surface area contributed by atoms with Gasteiger partial charge in [-0.25, -0.2) is 9.97 Å². The van der Waals surface area contributed by atoms with Crippen LogP contribution in [0.15, 0.2) is 54.7 Å². The largest absolute Gasteiger partial charge is 0.508 e. The zero-order valence-corrected chi connectivity index (χ0v) is 15.3. The lowest BCUT2D eigenvalue weighted by molar-refractivity contribution is 0.475. The molecule has 2 aromatic carbocycles. The number of phenolic OH excluding ortho intramolecular Hbond substituents is 1. The third-order valence-electron chi connectivity index (χ3n) is 4.93. The quantitative estimate of drug-likeness (QED) is 0.695. The Balaban J connectivity index is 1.75. The Labute approximate surface area is 158 Å². The van der Waals surface area contributed by atoms with E-state index in [1.807, 2.05) is 18.2 Å². The Kier molecular flexibility index (Phi) is 4.51. The zero-order chi connectivity index (χ0) is 18.1. The summed E-state index contributed by atoms with van der Waals surface area (Å²) in [5.41, 5.74) is 5.17. The van der Waals surface area contributed by atoms with E-state index in [1.165, 1.54) is 22.3 Å². The standard InChI is InChI=1S/C21H20ClN3O/c1-14-2-7-18-16(12-14)9-11-25(20-8-10-23-21(22)24-20)19(18)13-15-3-5-17(26)6-4-15/h2-8,10,12,19,26H,9,11,13H2,1H3. The molecule has 0 aliphatic carbocycles. The van der Waals surface area contributed by atoms with E-state index in [0.29, 0.717) is 0 Å². The molecule has 26 heavy (non-hydrogen) atoms. The number of anilines is 1. The molecule has 0 saturated heterocycles. The normalized spacial score (nSPS) is 16.4. The minimum atomic E-state index is 0.162. The molecule has 1 aromatic heterocycles. The molecule has 0 fully saturated rings. The summed E-state index contributed by atoms with van der Waals surface area (Å²) in [4.78, 5) is 10.7. The molecular weight excluding hydrogens is 346 g/mol. The van der Waals surface area contributed by atoms with E-state index in [2.05, 4.69) is 40.0 Å². The summed E-state index contributed by atoms with van der Waals surface area (Å²) < 4.78 is 0. The molecule has 0 spiro atoms.